The Kier molecular flexibility index (Phi) is 5.23. The van der Waals surface area contributed by atoms with Gasteiger partial charge >= 0.3 is 0 Å². The Morgan fingerprint density at radius 3 is 2.62 bits per heavy atom. The van der Waals surface area contributed by atoms with Crippen LogP contribution in [0.4, 0.5) is 0 Å². The van der Waals surface area contributed by atoms with Crippen LogP contribution in [0.5, 0.6) is 0 Å². The Bertz CT molecular complexity index is 378. The zero-order valence-corrected chi connectivity index (χ0v) is 12.1. The lowest BCUT2D eigenvalue weighted by atomic mass is 10.0. The highest BCUT2D eigenvalue weighted by Gasteiger charge is 2.08. The van der Waals surface area contributed by atoms with E-state index in [2.05, 4.69) is 73.2 Å². The molecule has 1 nitrogen and oxygen atoms in total. The van der Waals surface area contributed by atoms with Crippen molar-refractivity contribution in [2.45, 2.75) is 33.7 Å². The van der Waals surface area contributed by atoms with Gasteiger partial charge in [0.05, 0.1) is 6.04 Å². The van der Waals surface area contributed by atoms with Gasteiger partial charge in [-0.15, -0.1) is 0 Å². The van der Waals surface area contributed by atoms with E-state index in [0.29, 0.717) is 6.04 Å². The van der Waals surface area contributed by atoms with Gasteiger partial charge in [0, 0.05) is 4.47 Å². The second-order valence-corrected chi connectivity index (χ2v) is 5.14. The molecule has 0 aliphatic rings. The number of halogens is 1. The van der Waals surface area contributed by atoms with Crippen LogP contribution in [-0.4, -0.2) is 6.54 Å². The summed E-state index contributed by atoms with van der Waals surface area (Å²) in [6.45, 7) is 9.48. The SMILES string of the molecule is CCNC(C=C(C)C)c1ccc(C)c(Br)c1. The normalized spacial score (nSPS) is 12.3. The number of aryl methyl sites for hydroxylation is 1. The third-order valence-electron chi connectivity index (χ3n) is 2.48. The van der Waals surface area contributed by atoms with Crippen LogP contribution in [0.1, 0.15) is 37.9 Å². The average Bonchev–Trinajstić information content (AvgIpc) is 2.21. The Hall–Kier alpha value is -0.600. The van der Waals surface area contributed by atoms with E-state index in [0.717, 1.165) is 6.54 Å². The molecule has 16 heavy (non-hydrogen) atoms. The van der Waals surface area contributed by atoms with Crippen molar-refractivity contribution in [2.75, 3.05) is 6.54 Å². The standard InChI is InChI=1S/C14H20BrN/c1-5-16-14(8-10(2)3)12-7-6-11(4)13(15)9-12/h6-9,14,16H,5H2,1-4H3. The predicted molar refractivity (Wildman–Crippen MR) is 74.7 cm³/mol. The van der Waals surface area contributed by atoms with Crippen molar-refractivity contribution in [3.63, 3.8) is 0 Å². The van der Waals surface area contributed by atoms with Crippen LogP contribution in [0.3, 0.4) is 0 Å². The van der Waals surface area contributed by atoms with Gasteiger partial charge < -0.3 is 5.32 Å². The number of likely N-dealkylation sites (N-methyl/N-ethyl adjacent to an activating group) is 1. The summed E-state index contributed by atoms with van der Waals surface area (Å²) >= 11 is 3.58. The maximum atomic E-state index is 3.58. The van der Waals surface area contributed by atoms with Crippen LogP contribution in [0.25, 0.3) is 0 Å². The van der Waals surface area contributed by atoms with E-state index >= 15 is 0 Å². The fourth-order valence-corrected chi connectivity index (χ4v) is 2.03. The van der Waals surface area contributed by atoms with E-state index in [1.54, 1.807) is 0 Å². The van der Waals surface area contributed by atoms with Gasteiger partial charge in [-0.3, -0.25) is 0 Å². The van der Waals surface area contributed by atoms with E-state index < -0.39 is 0 Å². The Morgan fingerprint density at radius 2 is 2.12 bits per heavy atom. The first-order valence-corrected chi connectivity index (χ1v) is 6.48. The topological polar surface area (TPSA) is 12.0 Å². The number of nitrogens with one attached hydrogen (secondary N) is 1. The lowest BCUT2D eigenvalue weighted by Gasteiger charge is -2.16. The monoisotopic (exact) mass is 281 g/mol. The van der Waals surface area contributed by atoms with Gasteiger partial charge in [-0.1, -0.05) is 46.6 Å². The van der Waals surface area contributed by atoms with Crippen molar-refractivity contribution in [3.8, 4) is 0 Å². The minimum absolute atomic E-state index is 0.312. The van der Waals surface area contributed by atoms with E-state index in [1.165, 1.54) is 21.2 Å². The molecule has 1 unspecified atom stereocenters. The van der Waals surface area contributed by atoms with Gasteiger partial charge in [0.15, 0.2) is 0 Å². The molecule has 1 aromatic carbocycles. The number of rotatable bonds is 4. The largest absolute Gasteiger partial charge is 0.307 e. The summed E-state index contributed by atoms with van der Waals surface area (Å²) in [5, 5.41) is 3.48. The molecule has 2 heteroatoms. The third kappa shape index (κ3) is 3.76. The molecule has 1 atom stereocenters. The molecule has 1 N–H and O–H groups in total. The van der Waals surface area contributed by atoms with Crippen molar-refractivity contribution < 1.29 is 0 Å². The van der Waals surface area contributed by atoms with Gasteiger partial charge in [0.2, 0.25) is 0 Å². The quantitative estimate of drug-likeness (QED) is 0.808. The van der Waals surface area contributed by atoms with Crippen LogP contribution in [-0.2, 0) is 0 Å². The molecule has 0 aromatic heterocycles. The molecule has 1 aromatic rings. The summed E-state index contributed by atoms with van der Waals surface area (Å²) in [5.41, 5.74) is 3.92. The zero-order valence-electron chi connectivity index (χ0n) is 10.5. The van der Waals surface area contributed by atoms with Crippen LogP contribution in [0, 0.1) is 6.92 Å². The van der Waals surface area contributed by atoms with Crippen molar-refractivity contribution >= 4 is 15.9 Å². The van der Waals surface area contributed by atoms with Gasteiger partial charge in [-0.25, -0.2) is 0 Å². The molecule has 0 spiro atoms. The molecule has 0 saturated carbocycles. The molecule has 1 rings (SSSR count). The van der Waals surface area contributed by atoms with E-state index in [4.69, 9.17) is 0 Å². The summed E-state index contributed by atoms with van der Waals surface area (Å²) in [7, 11) is 0. The molecule has 0 aliphatic carbocycles. The minimum Gasteiger partial charge on any atom is -0.307 e. The summed E-state index contributed by atoms with van der Waals surface area (Å²) in [4.78, 5) is 0. The highest BCUT2D eigenvalue weighted by atomic mass is 79.9. The maximum Gasteiger partial charge on any atom is 0.0509 e. The number of hydrogen-bond donors (Lipinski definition) is 1. The highest BCUT2D eigenvalue weighted by Crippen LogP contribution is 2.23. The van der Waals surface area contributed by atoms with Crippen molar-refractivity contribution in [1.29, 1.82) is 0 Å². The summed E-state index contributed by atoms with van der Waals surface area (Å²) in [6.07, 6.45) is 2.26. The Labute approximate surface area is 107 Å². The van der Waals surface area contributed by atoms with Gasteiger partial charge in [-0.05, 0) is 44.5 Å². The number of allylic oxidation sites excluding steroid dienone is 1. The van der Waals surface area contributed by atoms with Gasteiger partial charge in [0.25, 0.3) is 0 Å². The summed E-state index contributed by atoms with van der Waals surface area (Å²) < 4.78 is 1.18. The lowest BCUT2D eigenvalue weighted by molar-refractivity contribution is 0.644. The molecular formula is C14H20BrN. The zero-order chi connectivity index (χ0) is 12.1. The van der Waals surface area contributed by atoms with Crippen molar-refractivity contribution in [2.24, 2.45) is 0 Å². The Balaban J connectivity index is 3.01. The molecular weight excluding hydrogens is 262 g/mol. The first-order valence-electron chi connectivity index (χ1n) is 5.69. The second-order valence-electron chi connectivity index (χ2n) is 4.29. The average molecular weight is 282 g/mol. The molecule has 0 fully saturated rings. The lowest BCUT2D eigenvalue weighted by Crippen LogP contribution is -2.19. The molecule has 88 valence electrons. The van der Waals surface area contributed by atoms with Crippen molar-refractivity contribution in [3.05, 3.63) is 45.4 Å². The second kappa shape index (κ2) is 6.21. The fourth-order valence-electron chi connectivity index (χ4n) is 1.63. The predicted octanol–water partition coefficient (Wildman–Crippen LogP) is 4.37. The van der Waals surface area contributed by atoms with Crippen LogP contribution in [0.2, 0.25) is 0 Å². The van der Waals surface area contributed by atoms with Crippen molar-refractivity contribution in [1.82, 2.24) is 5.32 Å². The maximum absolute atomic E-state index is 3.58. The number of hydrogen-bond acceptors (Lipinski definition) is 1. The van der Waals surface area contributed by atoms with E-state index in [-0.39, 0.29) is 0 Å². The third-order valence-corrected chi connectivity index (χ3v) is 3.33. The minimum atomic E-state index is 0.312. The highest BCUT2D eigenvalue weighted by molar-refractivity contribution is 9.10. The van der Waals surface area contributed by atoms with E-state index in [1.807, 2.05) is 0 Å². The summed E-state index contributed by atoms with van der Waals surface area (Å²) in [6, 6.07) is 6.85. The van der Waals surface area contributed by atoms with Gasteiger partial charge in [-0.2, -0.15) is 0 Å². The van der Waals surface area contributed by atoms with Gasteiger partial charge in [0.1, 0.15) is 0 Å². The summed E-state index contributed by atoms with van der Waals surface area (Å²) in [5.74, 6) is 0. The molecule has 0 radical (unpaired) electrons. The van der Waals surface area contributed by atoms with Crippen LogP contribution in [0.15, 0.2) is 34.3 Å². The van der Waals surface area contributed by atoms with E-state index in [9.17, 15) is 0 Å². The first kappa shape index (κ1) is 13.5. The number of benzene rings is 1. The molecule has 0 saturated heterocycles. The fraction of sp³-hybridized carbons (Fsp3) is 0.429. The first-order chi connectivity index (χ1) is 7.54. The smallest absolute Gasteiger partial charge is 0.0509 e. The Morgan fingerprint density at radius 1 is 1.44 bits per heavy atom. The molecule has 0 heterocycles. The van der Waals surface area contributed by atoms with Crippen LogP contribution >= 0.6 is 15.9 Å². The van der Waals surface area contributed by atoms with Crippen LogP contribution < -0.4 is 5.32 Å². The molecule has 0 bridgehead atoms. The molecule has 0 amide bonds. The molecule has 0 aliphatic heterocycles.